The Bertz CT molecular complexity index is 659. The summed E-state index contributed by atoms with van der Waals surface area (Å²) in [6.07, 6.45) is 2.27. The molecule has 0 aliphatic rings. The second-order valence-electron chi connectivity index (χ2n) is 5.38. The lowest BCUT2D eigenvalue weighted by Gasteiger charge is -2.10. The van der Waals surface area contributed by atoms with Crippen LogP contribution in [0.4, 0.5) is 5.95 Å². The Kier molecular flexibility index (Phi) is 5.91. The summed E-state index contributed by atoms with van der Waals surface area (Å²) in [5.74, 6) is 1.07. The van der Waals surface area contributed by atoms with E-state index in [-0.39, 0.29) is 11.9 Å². The fraction of sp³-hybridized carbons (Fsp3) is 0.353. The van der Waals surface area contributed by atoms with Crippen molar-refractivity contribution in [2.24, 2.45) is 0 Å². The van der Waals surface area contributed by atoms with Crippen molar-refractivity contribution in [2.45, 2.75) is 26.3 Å². The van der Waals surface area contributed by atoms with Gasteiger partial charge in [0.15, 0.2) is 0 Å². The molecule has 2 N–H and O–H groups in total. The van der Waals surface area contributed by atoms with E-state index in [4.69, 9.17) is 4.74 Å². The van der Waals surface area contributed by atoms with Crippen molar-refractivity contribution in [1.82, 2.24) is 15.3 Å². The predicted molar refractivity (Wildman–Crippen MR) is 89.8 cm³/mol. The Morgan fingerprint density at radius 2 is 2.04 bits per heavy atom. The van der Waals surface area contributed by atoms with Crippen LogP contribution in [0.2, 0.25) is 0 Å². The molecule has 0 fully saturated rings. The first kappa shape index (κ1) is 16.7. The van der Waals surface area contributed by atoms with Crippen LogP contribution < -0.4 is 15.4 Å². The van der Waals surface area contributed by atoms with Crippen LogP contribution in [0.25, 0.3) is 0 Å². The van der Waals surface area contributed by atoms with E-state index in [1.165, 1.54) is 0 Å². The Morgan fingerprint density at radius 1 is 1.26 bits per heavy atom. The summed E-state index contributed by atoms with van der Waals surface area (Å²) < 4.78 is 5.30. The van der Waals surface area contributed by atoms with Crippen LogP contribution in [0.1, 0.15) is 29.9 Å². The molecule has 6 nitrogen and oxygen atoms in total. The lowest BCUT2D eigenvalue weighted by atomic mass is 10.1. The number of carbonyl (C=O) groups excluding carboxylic acids is 1. The maximum Gasteiger partial charge on any atom is 0.270 e. The van der Waals surface area contributed by atoms with Gasteiger partial charge in [0.25, 0.3) is 5.91 Å². The largest absolute Gasteiger partial charge is 0.496 e. The number of hydrogen-bond acceptors (Lipinski definition) is 5. The molecule has 1 aromatic heterocycles. The van der Waals surface area contributed by atoms with Gasteiger partial charge < -0.3 is 15.4 Å². The maximum atomic E-state index is 12.2. The summed E-state index contributed by atoms with van der Waals surface area (Å²) in [7, 11) is 1.64. The molecule has 0 bridgehead atoms. The Morgan fingerprint density at radius 3 is 2.78 bits per heavy atom. The second kappa shape index (κ2) is 8.12. The summed E-state index contributed by atoms with van der Waals surface area (Å²) in [5, 5.41) is 5.95. The molecule has 0 saturated heterocycles. The second-order valence-corrected chi connectivity index (χ2v) is 5.38. The average Bonchev–Trinajstić information content (AvgIpc) is 2.55. The van der Waals surface area contributed by atoms with Gasteiger partial charge in [-0.05, 0) is 38.0 Å². The first-order valence-corrected chi connectivity index (χ1v) is 7.60. The zero-order valence-electron chi connectivity index (χ0n) is 13.7. The van der Waals surface area contributed by atoms with Crippen LogP contribution in [-0.2, 0) is 6.42 Å². The lowest BCUT2D eigenvalue weighted by molar-refractivity contribution is 0.0949. The third kappa shape index (κ3) is 4.95. The number of nitrogens with one attached hydrogen (secondary N) is 2. The van der Waals surface area contributed by atoms with Crippen LogP contribution in [0, 0.1) is 0 Å². The molecular formula is C17H22N4O2. The number of ether oxygens (including phenoxy) is 1. The average molecular weight is 314 g/mol. The number of methoxy groups -OCH3 is 1. The minimum Gasteiger partial charge on any atom is -0.496 e. The van der Waals surface area contributed by atoms with Crippen molar-refractivity contribution in [1.29, 1.82) is 0 Å². The minimum atomic E-state index is -0.214. The highest BCUT2D eigenvalue weighted by atomic mass is 16.5. The maximum absolute atomic E-state index is 12.2. The topological polar surface area (TPSA) is 76.1 Å². The third-order valence-corrected chi connectivity index (χ3v) is 3.18. The highest BCUT2D eigenvalue weighted by Crippen LogP contribution is 2.17. The zero-order chi connectivity index (χ0) is 16.7. The van der Waals surface area contributed by atoms with E-state index in [1.54, 1.807) is 19.4 Å². The summed E-state index contributed by atoms with van der Waals surface area (Å²) in [6, 6.07) is 9.58. The van der Waals surface area contributed by atoms with E-state index in [0.717, 1.165) is 11.3 Å². The normalized spacial score (nSPS) is 10.4. The van der Waals surface area contributed by atoms with E-state index in [2.05, 4.69) is 20.6 Å². The number of aromatic nitrogens is 2. The molecule has 0 spiro atoms. The van der Waals surface area contributed by atoms with E-state index >= 15 is 0 Å². The fourth-order valence-corrected chi connectivity index (χ4v) is 2.12. The molecule has 0 aliphatic carbocycles. The van der Waals surface area contributed by atoms with E-state index in [1.807, 2.05) is 38.1 Å². The Labute approximate surface area is 136 Å². The standard InChI is InChI=1S/C17H22N4O2/c1-12(2)20-17-19-11-9-14(21-17)16(22)18-10-8-13-6-4-5-7-15(13)23-3/h4-7,9,11-12H,8,10H2,1-3H3,(H,18,22)(H,19,20,21). The first-order valence-electron chi connectivity index (χ1n) is 7.60. The number of benzene rings is 1. The number of amides is 1. The number of nitrogens with zero attached hydrogens (tertiary/aromatic N) is 2. The van der Waals surface area contributed by atoms with Gasteiger partial charge in [-0.25, -0.2) is 9.97 Å². The van der Waals surface area contributed by atoms with Crippen molar-refractivity contribution in [2.75, 3.05) is 19.0 Å². The number of para-hydroxylation sites is 1. The summed E-state index contributed by atoms with van der Waals surface area (Å²) in [5.41, 5.74) is 1.41. The van der Waals surface area contributed by atoms with Gasteiger partial charge in [0.2, 0.25) is 5.95 Å². The molecule has 0 radical (unpaired) electrons. The SMILES string of the molecule is COc1ccccc1CCNC(=O)c1ccnc(NC(C)C)n1. The smallest absolute Gasteiger partial charge is 0.270 e. The number of rotatable bonds is 7. The highest BCUT2D eigenvalue weighted by Gasteiger charge is 2.09. The molecule has 23 heavy (non-hydrogen) atoms. The van der Waals surface area contributed by atoms with Crippen LogP contribution in [-0.4, -0.2) is 35.6 Å². The highest BCUT2D eigenvalue weighted by molar-refractivity contribution is 5.92. The van der Waals surface area contributed by atoms with Gasteiger partial charge in [-0.2, -0.15) is 0 Å². The summed E-state index contributed by atoms with van der Waals surface area (Å²) in [6.45, 7) is 4.49. The van der Waals surface area contributed by atoms with Crippen LogP contribution >= 0.6 is 0 Å². The third-order valence-electron chi connectivity index (χ3n) is 3.18. The van der Waals surface area contributed by atoms with Crippen molar-refractivity contribution in [3.63, 3.8) is 0 Å². The van der Waals surface area contributed by atoms with E-state index in [9.17, 15) is 4.79 Å². The molecule has 1 aromatic carbocycles. The van der Waals surface area contributed by atoms with Crippen molar-refractivity contribution in [3.8, 4) is 5.75 Å². The van der Waals surface area contributed by atoms with Crippen LogP contribution in [0.3, 0.4) is 0 Å². The molecule has 0 saturated carbocycles. The monoisotopic (exact) mass is 314 g/mol. The van der Waals surface area contributed by atoms with Crippen molar-refractivity contribution >= 4 is 11.9 Å². The van der Waals surface area contributed by atoms with Gasteiger partial charge in [-0.15, -0.1) is 0 Å². The number of carbonyl (C=O) groups is 1. The van der Waals surface area contributed by atoms with Crippen LogP contribution in [0.15, 0.2) is 36.5 Å². The molecule has 1 amide bonds. The lowest BCUT2D eigenvalue weighted by Crippen LogP contribution is -2.27. The molecule has 0 aliphatic heterocycles. The Hall–Kier alpha value is -2.63. The number of anilines is 1. The summed E-state index contributed by atoms with van der Waals surface area (Å²) >= 11 is 0. The van der Waals surface area contributed by atoms with Gasteiger partial charge in [-0.1, -0.05) is 18.2 Å². The molecule has 122 valence electrons. The van der Waals surface area contributed by atoms with Gasteiger partial charge >= 0.3 is 0 Å². The fourth-order valence-electron chi connectivity index (χ4n) is 2.12. The molecule has 0 unspecified atom stereocenters. The first-order chi connectivity index (χ1) is 11.1. The molecule has 2 rings (SSSR count). The van der Waals surface area contributed by atoms with Crippen LogP contribution in [0.5, 0.6) is 5.75 Å². The summed E-state index contributed by atoms with van der Waals surface area (Å²) in [4.78, 5) is 20.5. The molecule has 2 aromatic rings. The number of hydrogen-bond donors (Lipinski definition) is 2. The van der Waals surface area contributed by atoms with Crippen molar-refractivity contribution in [3.05, 3.63) is 47.8 Å². The molecule has 0 atom stereocenters. The minimum absolute atomic E-state index is 0.207. The van der Waals surface area contributed by atoms with Gasteiger partial charge in [0, 0.05) is 18.8 Å². The van der Waals surface area contributed by atoms with E-state index in [0.29, 0.717) is 24.6 Å². The molecule has 6 heteroatoms. The van der Waals surface area contributed by atoms with Crippen molar-refractivity contribution < 1.29 is 9.53 Å². The quantitative estimate of drug-likeness (QED) is 0.820. The Balaban J connectivity index is 1.92. The predicted octanol–water partition coefficient (Wildman–Crippen LogP) is 2.28. The zero-order valence-corrected chi connectivity index (χ0v) is 13.7. The molecule has 1 heterocycles. The van der Waals surface area contributed by atoms with E-state index < -0.39 is 0 Å². The van der Waals surface area contributed by atoms with Gasteiger partial charge in [0.1, 0.15) is 11.4 Å². The molecular weight excluding hydrogens is 292 g/mol. The van der Waals surface area contributed by atoms with Gasteiger partial charge in [0.05, 0.1) is 7.11 Å². The van der Waals surface area contributed by atoms with Gasteiger partial charge in [-0.3, -0.25) is 4.79 Å².